The first-order valence-corrected chi connectivity index (χ1v) is 7.25. The molecule has 0 fully saturated rings. The fourth-order valence-electron chi connectivity index (χ4n) is 2.17. The Bertz CT molecular complexity index is 530. The van der Waals surface area contributed by atoms with Gasteiger partial charge in [0.2, 0.25) is 5.91 Å². The minimum absolute atomic E-state index is 0.0491. The summed E-state index contributed by atoms with van der Waals surface area (Å²) in [6, 6.07) is 9.15. The highest BCUT2D eigenvalue weighted by Gasteiger charge is 2.31. The van der Waals surface area contributed by atoms with Crippen LogP contribution in [0.2, 0.25) is 0 Å². The van der Waals surface area contributed by atoms with Crippen molar-refractivity contribution in [1.29, 1.82) is 5.26 Å². The van der Waals surface area contributed by atoms with E-state index >= 15 is 0 Å². The van der Waals surface area contributed by atoms with E-state index in [4.69, 9.17) is 10.4 Å². The average molecular weight is 288 g/mol. The molecular formula is C17H24N2O2. The maximum atomic E-state index is 12.6. The van der Waals surface area contributed by atoms with Crippen LogP contribution in [0.4, 0.5) is 0 Å². The van der Waals surface area contributed by atoms with Gasteiger partial charge in [0.05, 0.1) is 17.0 Å². The molecule has 4 nitrogen and oxygen atoms in total. The van der Waals surface area contributed by atoms with Crippen LogP contribution in [0, 0.1) is 17.2 Å². The number of nitriles is 1. The van der Waals surface area contributed by atoms with Crippen molar-refractivity contribution in [3.05, 3.63) is 35.4 Å². The van der Waals surface area contributed by atoms with Gasteiger partial charge in [-0.25, -0.2) is 0 Å². The molecule has 2 N–H and O–H groups in total. The quantitative estimate of drug-likeness (QED) is 0.844. The topological polar surface area (TPSA) is 73.1 Å². The summed E-state index contributed by atoms with van der Waals surface area (Å²) in [5.74, 6) is 0.159. The van der Waals surface area contributed by atoms with E-state index < -0.39 is 5.41 Å². The number of hydrogen-bond acceptors (Lipinski definition) is 3. The molecule has 4 heteroatoms. The zero-order valence-electron chi connectivity index (χ0n) is 13.2. The normalized spacial score (nSPS) is 12.8. The molecule has 0 radical (unpaired) electrons. The van der Waals surface area contributed by atoms with Crippen molar-refractivity contribution in [3.63, 3.8) is 0 Å². The summed E-state index contributed by atoms with van der Waals surface area (Å²) in [7, 11) is 0. The van der Waals surface area contributed by atoms with E-state index in [2.05, 4.69) is 11.4 Å². The highest BCUT2D eigenvalue weighted by Crippen LogP contribution is 2.25. The van der Waals surface area contributed by atoms with Crippen LogP contribution in [-0.2, 0) is 10.2 Å². The molecule has 0 aliphatic carbocycles. The summed E-state index contributed by atoms with van der Waals surface area (Å²) in [5.41, 5.74) is 0.629. The number of amides is 1. The predicted molar refractivity (Wildman–Crippen MR) is 82.7 cm³/mol. The first-order valence-electron chi connectivity index (χ1n) is 7.25. The Morgan fingerprint density at radius 3 is 2.62 bits per heavy atom. The molecule has 1 rings (SSSR count). The van der Waals surface area contributed by atoms with Crippen molar-refractivity contribution in [2.75, 3.05) is 6.61 Å². The van der Waals surface area contributed by atoms with Crippen LogP contribution < -0.4 is 5.32 Å². The molecule has 0 aliphatic rings. The number of benzene rings is 1. The van der Waals surface area contributed by atoms with E-state index in [1.165, 1.54) is 0 Å². The third-order valence-corrected chi connectivity index (χ3v) is 3.84. The zero-order chi connectivity index (χ0) is 16.0. The van der Waals surface area contributed by atoms with Gasteiger partial charge >= 0.3 is 0 Å². The molecule has 114 valence electrons. The summed E-state index contributed by atoms with van der Waals surface area (Å²) < 4.78 is 0. The van der Waals surface area contributed by atoms with Crippen molar-refractivity contribution >= 4 is 5.91 Å². The van der Waals surface area contributed by atoms with Gasteiger partial charge in [0.25, 0.3) is 0 Å². The molecule has 21 heavy (non-hydrogen) atoms. The van der Waals surface area contributed by atoms with E-state index in [1.807, 2.05) is 33.8 Å². The predicted octanol–water partition coefficient (Wildman–Crippen LogP) is 2.36. The zero-order valence-corrected chi connectivity index (χ0v) is 13.2. The molecule has 0 spiro atoms. The number of carbonyl (C=O) groups excluding carboxylic acids is 1. The monoisotopic (exact) mass is 288 g/mol. The molecule has 1 unspecified atom stereocenters. The molecule has 1 amide bonds. The van der Waals surface area contributed by atoms with Crippen LogP contribution in [0.5, 0.6) is 0 Å². The lowest BCUT2D eigenvalue weighted by Crippen LogP contribution is -2.47. The minimum Gasteiger partial charge on any atom is -0.396 e. The fraction of sp³-hybridized carbons (Fsp3) is 0.529. The van der Waals surface area contributed by atoms with Gasteiger partial charge in [0.15, 0.2) is 0 Å². The Morgan fingerprint density at radius 1 is 1.43 bits per heavy atom. The molecule has 0 saturated carbocycles. The molecular weight excluding hydrogens is 264 g/mol. The maximum Gasteiger partial charge on any atom is 0.230 e. The molecule has 1 atom stereocenters. The molecule has 0 heterocycles. The number of aliphatic hydroxyl groups excluding tert-OH is 1. The second-order valence-corrected chi connectivity index (χ2v) is 6.15. The first kappa shape index (κ1) is 17.2. The molecule has 1 aromatic carbocycles. The van der Waals surface area contributed by atoms with E-state index in [0.717, 1.165) is 5.56 Å². The van der Waals surface area contributed by atoms with Crippen LogP contribution in [0.15, 0.2) is 24.3 Å². The molecule has 0 aromatic heterocycles. The largest absolute Gasteiger partial charge is 0.396 e. The van der Waals surface area contributed by atoms with Crippen LogP contribution in [0.3, 0.4) is 0 Å². The lowest BCUT2D eigenvalue weighted by Gasteiger charge is -2.29. The van der Waals surface area contributed by atoms with Gasteiger partial charge in [0, 0.05) is 12.6 Å². The van der Waals surface area contributed by atoms with Gasteiger partial charge in [-0.1, -0.05) is 26.0 Å². The molecule has 0 aliphatic heterocycles. The number of aliphatic hydroxyl groups is 1. The van der Waals surface area contributed by atoms with Gasteiger partial charge in [-0.15, -0.1) is 0 Å². The average Bonchev–Trinajstić information content (AvgIpc) is 2.46. The summed E-state index contributed by atoms with van der Waals surface area (Å²) in [6.45, 7) is 7.77. The molecule has 1 aromatic rings. The van der Waals surface area contributed by atoms with Crippen LogP contribution in [0.25, 0.3) is 0 Å². The van der Waals surface area contributed by atoms with E-state index in [9.17, 15) is 4.79 Å². The lowest BCUT2D eigenvalue weighted by atomic mass is 9.82. The summed E-state index contributed by atoms with van der Waals surface area (Å²) in [6.07, 6.45) is 0.539. The highest BCUT2D eigenvalue weighted by atomic mass is 16.3. The second kappa shape index (κ2) is 7.24. The Morgan fingerprint density at radius 2 is 2.10 bits per heavy atom. The first-order chi connectivity index (χ1) is 9.82. The minimum atomic E-state index is -0.727. The SMILES string of the molecule is CC(C)C(CCO)NC(=O)C(C)(C)c1cccc(C#N)c1. The summed E-state index contributed by atoms with van der Waals surface area (Å²) in [4.78, 5) is 12.6. The maximum absolute atomic E-state index is 12.6. The Balaban J connectivity index is 2.95. The van der Waals surface area contributed by atoms with Crippen molar-refractivity contribution in [1.82, 2.24) is 5.32 Å². The third-order valence-electron chi connectivity index (χ3n) is 3.84. The number of rotatable bonds is 6. The van der Waals surface area contributed by atoms with Gasteiger partial charge in [-0.3, -0.25) is 4.79 Å². The fourth-order valence-corrected chi connectivity index (χ4v) is 2.17. The van der Waals surface area contributed by atoms with Crippen LogP contribution in [0.1, 0.15) is 45.2 Å². The summed E-state index contributed by atoms with van der Waals surface area (Å²) in [5, 5.41) is 21.1. The summed E-state index contributed by atoms with van der Waals surface area (Å²) >= 11 is 0. The van der Waals surface area contributed by atoms with Crippen LogP contribution in [-0.4, -0.2) is 23.7 Å². The highest BCUT2D eigenvalue weighted by molar-refractivity contribution is 5.87. The molecule has 0 saturated heterocycles. The standard InChI is InChI=1S/C17H24N2O2/c1-12(2)15(8-9-20)19-16(21)17(3,4)14-7-5-6-13(10-14)11-18/h5-7,10,12,15,20H,8-9H2,1-4H3,(H,19,21). The molecule has 0 bridgehead atoms. The number of carbonyl (C=O) groups is 1. The van der Waals surface area contributed by atoms with Crippen LogP contribution >= 0.6 is 0 Å². The van der Waals surface area contributed by atoms with Crippen molar-refractivity contribution in [3.8, 4) is 6.07 Å². The van der Waals surface area contributed by atoms with Crippen molar-refractivity contribution in [2.24, 2.45) is 5.92 Å². The van der Waals surface area contributed by atoms with Gasteiger partial charge in [-0.2, -0.15) is 5.26 Å². The van der Waals surface area contributed by atoms with Gasteiger partial charge < -0.3 is 10.4 Å². The number of hydrogen-bond donors (Lipinski definition) is 2. The Kier molecular flexibility index (Phi) is 5.92. The van der Waals surface area contributed by atoms with Crippen molar-refractivity contribution < 1.29 is 9.90 Å². The number of nitrogens with zero attached hydrogens (tertiary/aromatic N) is 1. The van der Waals surface area contributed by atoms with Crippen molar-refractivity contribution in [2.45, 2.75) is 45.6 Å². The lowest BCUT2D eigenvalue weighted by molar-refractivity contribution is -0.126. The van der Waals surface area contributed by atoms with Gasteiger partial charge in [0.1, 0.15) is 0 Å². The van der Waals surface area contributed by atoms with E-state index in [1.54, 1.807) is 18.2 Å². The van der Waals surface area contributed by atoms with E-state index in [-0.39, 0.29) is 24.5 Å². The second-order valence-electron chi connectivity index (χ2n) is 6.15. The van der Waals surface area contributed by atoms with Gasteiger partial charge in [-0.05, 0) is 43.9 Å². The Hall–Kier alpha value is -1.86. The third kappa shape index (κ3) is 4.30. The number of nitrogens with one attached hydrogen (secondary N) is 1. The smallest absolute Gasteiger partial charge is 0.230 e. The van der Waals surface area contributed by atoms with E-state index in [0.29, 0.717) is 12.0 Å². The Labute approximate surface area is 126 Å².